The highest BCUT2D eigenvalue weighted by Crippen LogP contribution is 2.52. The third kappa shape index (κ3) is 4.00. The molecule has 4 nitrogen and oxygen atoms in total. The molecule has 0 aromatic rings. The lowest BCUT2D eigenvalue weighted by Crippen LogP contribution is -2.59. The van der Waals surface area contributed by atoms with Gasteiger partial charge >= 0.3 is 36.1 Å². The predicted molar refractivity (Wildman–Crippen MR) is 94.8 cm³/mol. The van der Waals surface area contributed by atoms with E-state index in [-0.39, 0.29) is 24.2 Å². The van der Waals surface area contributed by atoms with Crippen molar-refractivity contribution in [3.05, 3.63) is 12.2 Å². The van der Waals surface area contributed by atoms with E-state index >= 15 is 0 Å². The van der Waals surface area contributed by atoms with Crippen LogP contribution in [0.5, 0.6) is 0 Å². The molecule has 0 aliphatic heterocycles. The number of alkyl halides is 8. The lowest BCUT2D eigenvalue weighted by atomic mass is 9.86. The molecule has 0 saturated heterocycles. The van der Waals surface area contributed by atoms with Gasteiger partial charge in [-0.15, -0.1) is 0 Å². The number of rotatable bonds is 8. The average molecular weight is 490 g/mol. The number of fused-ring (bicyclic) bond motifs is 4. The van der Waals surface area contributed by atoms with Crippen molar-refractivity contribution >= 4 is 11.9 Å². The van der Waals surface area contributed by atoms with Crippen LogP contribution in [0.25, 0.3) is 0 Å². The molecule has 3 saturated carbocycles. The van der Waals surface area contributed by atoms with Crippen LogP contribution in [0.3, 0.4) is 0 Å². The fourth-order valence-corrected chi connectivity index (χ4v) is 5.72. The molecule has 3 fully saturated rings. The van der Waals surface area contributed by atoms with Crippen molar-refractivity contribution in [1.29, 1.82) is 0 Å². The molecule has 0 amide bonds. The summed E-state index contributed by atoms with van der Waals surface area (Å²) in [4.78, 5) is 24.9. The van der Waals surface area contributed by atoms with Crippen LogP contribution in [0.15, 0.2) is 12.2 Å². The van der Waals surface area contributed by atoms with Gasteiger partial charge in [0.1, 0.15) is 6.10 Å². The number of hydrogen-bond acceptors (Lipinski definition) is 4. The molecule has 12 heteroatoms. The summed E-state index contributed by atoms with van der Waals surface area (Å²) in [6.07, 6.45) is 0.929. The van der Waals surface area contributed by atoms with Gasteiger partial charge < -0.3 is 9.47 Å². The lowest BCUT2D eigenvalue weighted by Gasteiger charge is -2.33. The number of halogens is 8. The number of allylic oxidation sites excluding steroid dienone is 2. The number of carbonyl (C=O) groups excluding carboxylic acids is 2. The van der Waals surface area contributed by atoms with Gasteiger partial charge in [0.05, 0.1) is 11.8 Å². The molecular weight excluding hydrogens is 468 g/mol. The van der Waals surface area contributed by atoms with E-state index in [0.717, 1.165) is 6.42 Å². The fraction of sp³-hybridized carbons (Fsp3) is 0.810. The van der Waals surface area contributed by atoms with Crippen molar-refractivity contribution in [3.63, 3.8) is 0 Å². The van der Waals surface area contributed by atoms with Crippen molar-refractivity contribution in [1.82, 2.24) is 0 Å². The maximum atomic E-state index is 13.7. The molecule has 4 aliphatic rings. The van der Waals surface area contributed by atoms with Gasteiger partial charge in [0.25, 0.3) is 0 Å². The van der Waals surface area contributed by atoms with Gasteiger partial charge in [0.2, 0.25) is 0 Å². The van der Waals surface area contributed by atoms with E-state index < -0.39 is 60.7 Å². The minimum absolute atomic E-state index is 0.0737. The Morgan fingerprint density at radius 2 is 1.58 bits per heavy atom. The second kappa shape index (κ2) is 8.11. The Morgan fingerprint density at radius 3 is 2.12 bits per heavy atom. The van der Waals surface area contributed by atoms with E-state index in [9.17, 15) is 44.7 Å². The summed E-state index contributed by atoms with van der Waals surface area (Å²) >= 11 is 0. The Bertz CT molecular complexity index is 829. The van der Waals surface area contributed by atoms with Crippen LogP contribution in [0.2, 0.25) is 0 Å². The van der Waals surface area contributed by atoms with E-state index in [4.69, 9.17) is 4.74 Å². The van der Waals surface area contributed by atoms with Gasteiger partial charge in [0.15, 0.2) is 6.61 Å². The molecule has 7 atom stereocenters. The smallest absolute Gasteiger partial charge is 0.381 e. The molecule has 0 N–H and O–H groups in total. The van der Waals surface area contributed by atoms with Gasteiger partial charge in [-0.2, -0.15) is 26.3 Å². The second-order valence-corrected chi connectivity index (χ2v) is 9.52. The van der Waals surface area contributed by atoms with Crippen molar-refractivity contribution in [2.45, 2.75) is 62.4 Å². The first kappa shape index (κ1) is 24.3. The van der Waals surface area contributed by atoms with E-state index in [1.807, 2.05) is 6.08 Å². The molecular formula is C21H22F8O4. The first-order chi connectivity index (χ1) is 15.2. The first-order valence-corrected chi connectivity index (χ1v) is 10.7. The Morgan fingerprint density at radius 1 is 0.879 bits per heavy atom. The number of esters is 2. The summed E-state index contributed by atoms with van der Waals surface area (Å²) in [6.45, 7) is -2.48. The van der Waals surface area contributed by atoms with Crippen LogP contribution in [-0.4, -0.2) is 48.8 Å². The van der Waals surface area contributed by atoms with Crippen molar-refractivity contribution in [2.75, 3.05) is 6.61 Å². The molecule has 7 unspecified atom stereocenters. The zero-order valence-electron chi connectivity index (χ0n) is 17.2. The first-order valence-electron chi connectivity index (χ1n) is 10.7. The van der Waals surface area contributed by atoms with E-state index in [2.05, 4.69) is 10.8 Å². The zero-order valence-corrected chi connectivity index (χ0v) is 17.2. The molecule has 0 heterocycles. The molecule has 0 radical (unpaired) electrons. The van der Waals surface area contributed by atoms with Crippen LogP contribution in [0.4, 0.5) is 35.1 Å². The predicted octanol–water partition coefficient (Wildman–Crippen LogP) is 4.87. The Kier molecular flexibility index (Phi) is 5.96. The van der Waals surface area contributed by atoms with E-state index in [1.165, 1.54) is 0 Å². The van der Waals surface area contributed by atoms with Crippen LogP contribution < -0.4 is 0 Å². The third-order valence-electron chi connectivity index (χ3n) is 7.45. The number of ether oxygens (including phenoxy) is 2. The average Bonchev–Trinajstić information content (AvgIpc) is 3.52. The van der Waals surface area contributed by atoms with Crippen molar-refractivity contribution < 1.29 is 54.2 Å². The summed E-state index contributed by atoms with van der Waals surface area (Å²) in [6, 6.07) is 0. The highest BCUT2D eigenvalue weighted by atomic mass is 19.4. The molecule has 33 heavy (non-hydrogen) atoms. The lowest BCUT2D eigenvalue weighted by molar-refractivity contribution is -0.344. The van der Waals surface area contributed by atoms with E-state index in [1.54, 1.807) is 0 Å². The summed E-state index contributed by atoms with van der Waals surface area (Å²) in [5.41, 5.74) is 0. The number of carbonyl (C=O) groups is 2. The normalized spacial score (nSPS) is 35.5. The third-order valence-corrected chi connectivity index (χ3v) is 7.45. The summed E-state index contributed by atoms with van der Waals surface area (Å²) in [5, 5.41) is 0. The molecule has 0 aromatic heterocycles. The van der Waals surface area contributed by atoms with Gasteiger partial charge in [-0.25, -0.2) is 8.78 Å². The summed E-state index contributed by atoms with van der Waals surface area (Å²) < 4.78 is 114. The van der Waals surface area contributed by atoms with Gasteiger partial charge in [0, 0.05) is 5.92 Å². The quantitative estimate of drug-likeness (QED) is 0.277. The van der Waals surface area contributed by atoms with Crippen LogP contribution in [0, 0.1) is 35.5 Å². The molecule has 4 aliphatic carbocycles. The van der Waals surface area contributed by atoms with Gasteiger partial charge in [-0.3, -0.25) is 9.59 Å². The van der Waals surface area contributed by atoms with Crippen LogP contribution in [-0.2, 0) is 19.1 Å². The number of hydrogen-bond donors (Lipinski definition) is 0. The SMILES string of the molecule is O=C(OC1CC2CC(C(=O)OCC(F)(F)C(F)(F)C(F)(F)C(F)F)C1C2)C1CC2C=CC1C2. The Balaban J connectivity index is 1.34. The maximum absolute atomic E-state index is 13.7. The van der Waals surface area contributed by atoms with E-state index in [0.29, 0.717) is 25.2 Å². The summed E-state index contributed by atoms with van der Waals surface area (Å²) in [7, 11) is 0. The topological polar surface area (TPSA) is 52.6 Å². The van der Waals surface area contributed by atoms with Gasteiger partial charge in [-0.05, 0) is 49.9 Å². The van der Waals surface area contributed by atoms with Gasteiger partial charge in [-0.1, -0.05) is 12.2 Å². The molecule has 186 valence electrons. The standard InChI is InChI=1S/C21H22F8O4/c22-18(23)20(26,27)21(28,29)19(24,25)8-32-16(30)14-6-10-5-13(14)15(7-10)33-17(31)12-4-9-1-2-11(12)3-9/h1-2,9-15,18H,3-8H2. The highest BCUT2D eigenvalue weighted by Gasteiger charge is 2.75. The minimum atomic E-state index is -6.43. The Hall–Kier alpha value is -1.88. The monoisotopic (exact) mass is 490 g/mol. The summed E-state index contributed by atoms with van der Waals surface area (Å²) in [5.74, 6) is -21.8. The zero-order chi connectivity index (χ0) is 24.3. The van der Waals surface area contributed by atoms with Crippen LogP contribution in [0.1, 0.15) is 32.1 Å². The van der Waals surface area contributed by atoms with Crippen LogP contribution >= 0.6 is 0 Å². The molecule has 0 spiro atoms. The maximum Gasteiger partial charge on any atom is 0.381 e. The Labute approximate surface area is 183 Å². The second-order valence-electron chi connectivity index (χ2n) is 9.52. The molecule has 4 bridgehead atoms. The highest BCUT2D eigenvalue weighted by molar-refractivity contribution is 5.75. The molecule has 4 rings (SSSR count). The largest absolute Gasteiger partial charge is 0.462 e. The fourth-order valence-electron chi connectivity index (χ4n) is 5.72. The van der Waals surface area contributed by atoms with Crippen molar-refractivity contribution in [3.8, 4) is 0 Å². The van der Waals surface area contributed by atoms with Crippen molar-refractivity contribution in [2.24, 2.45) is 35.5 Å². The molecule has 0 aromatic carbocycles. The minimum Gasteiger partial charge on any atom is -0.462 e.